The molecule has 216 valence electrons. The second-order valence-electron chi connectivity index (χ2n) is 11.1. The molecule has 0 aliphatic carbocycles. The number of oxazole rings is 1. The Labute approximate surface area is 268 Å². The van der Waals surface area contributed by atoms with E-state index in [4.69, 9.17) is 24.4 Å². The first-order valence-electron chi connectivity index (χ1n) is 15.1. The van der Waals surface area contributed by atoms with Crippen molar-refractivity contribution in [3.8, 4) is 56.7 Å². The first-order valence-corrected chi connectivity index (χ1v) is 15.9. The number of hydrogen-bond donors (Lipinski definition) is 0. The van der Waals surface area contributed by atoms with Crippen LogP contribution in [0.15, 0.2) is 150 Å². The molecule has 0 bridgehead atoms. The number of thiophene rings is 1. The van der Waals surface area contributed by atoms with Gasteiger partial charge in [-0.25, -0.2) is 19.9 Å². The lowest BCUT2D eigenvalue weighted by Gasteiger charge is -2.09. The zero-order chi connectivity index (χ0) is 30.5. The minimum absolute atomic E-state index is 0.637. The van der Waals surface area contributed by atoms with Gasteiger partial charge in [0.15, 0.2) is 23.1 Å². The summed E-state index contributed by atoms with van der Waals surface area (Å²) < 4.78 is 8.58. The quantitative estimate of drug-likeness (QED) is 0.194. The molecule has 6 aromatic carbocycles. The largest absolute Gasteiger partial charge is 0.436 e. The highest BCUT2D eigenvalue weighted by atomic mass is 32.1. The number of fused-ring (bicyclic) bond motifs is 4. The SMILES string of the molecule is c1ccc(-c2nc(-c3ccccc3)nc(-c3ccc(-c4cccc5sc6cc7oc(-c8ccccc8)nc7cc6c45)cc3)n2)cc1. The van der Waals surface area contributed by atoms with E-state index < -0.39 is 0 Å². The van der Waals surface area contributed by atoms with E-state index in [1.807, 2.05) is 91.0 Å². The third kappa shape index (κ3) is 4.64. The fourth-order valence-corrected chi connectivity index (χ4v) is 7.07. The van der Waals surface area contributed by atoms with E-state index in [9.17, 15) is 0 Å². The van der Waals surface area contributed by atoms with E-state index in [0.717, 1.165) is 38.9 Å². The van der Waals surface area contributed by atoms with Crippen molar-refractivity contribution in [3.05, 3.63) is 146 Å². The number of rotatable bonds is 5. The lowest BCUT2D eigenvalue weighted by molar-refractivity contribution is 0.620. The van der Waals surface area contributed by atoms with Gasteiger partial charge in [-0.2, -0.15) is 0 Å². The van der Waals surface area contributed by atoms with Gasteiger partial charge >= 0.3 is 0 Å². The maximum Gasteiger partial charge on any atom is 0.227 e. The zero-order valence-corrected chi connectivity index (χ0v) is 25.3. The molecule has 3 aromatic heterocycles. The molecule has 0 radical (unpaired) electrons. The van der Waals surface area contributed by atoms with Crippen LogP contribution in [0.1, 0.15) is 0 Å². The topological polar surface area (TPSA) is 64.7 Å². The standard InChI is InChI=1S/C40H24N4OS/c1-4-11-26(12-5-1)37-42-38(27-13-6-2-7-14-27)44-39(43-37)28-21-19-25(20-22-28)30-17-10-18-34-36(30)31-23-32-33(24-35(31)46-34)45-40(41-32)29-15-8-3-9-16-29/h1-24H. The second kappa shape index (κ2) is 10.9. The zero-order valence-electron chi connectivity index (χ0n) is 24.5. The summed E-state index contributed by atoms with van der Waals surface area (Å²) in [6.07, 6.45) is 0. The summed E-state index contributed by atoms with van der Waals surface area (Å²) in [6, 6.07) is 49.4. The normalized spacial score (nSPS) is 11.5. The molecule has 0 aliphatic heterocycles. The van der Waals surface area contributed by atoms with Crippen LogP contribution >= 0.6 is 11.3 Å². The van der Waals surface area contributed by atoms with E-state index in [1.54, 1.807) is 11.3 Å². The van der Waals surface area contributed by atoms with Crippen LogP contribution in [-0.2, 0) is 0 Å². The Kier molecular flexibility index (Phi) is 6.25. The molecular formula is C40H24N4OS. The highest BCUT2D eigenvalue weighted by Gasteiger charge is 2.16. The van der Waals surface area contributed by atoms with Gasteiger partial charge < -0.3 is 4.42 Å². The highest BCUT2D eigenvalue weighted by Crippen LogP contribution is 2.42. The third-order valence-corrected chi connectivity index (χ3v) is 9.30. The summed E-state index contributed by atoms with van der Waals surface area (Å²) in [5, 5.41) is 2.40. The van der Waals surface area contributed by atoms with E-state index in [0.29, 0.717) is 23.4 Å². The fourth-order valence-electron chi connectivity index (χ4n) is 5.93. The van der Waals surface area contributed by atoms with Gasteiger partial charge in [0.05, 0.1) is 0 Å². The van der Waals surface area contributed by atoms with Crippen LogP contribution < -0.4 is 0 Å². The van der Waals surface area contributed by atoms with Crippen LogP contribution in [0.5, 0.6) is 0 Å². The molecule has 0 aliphatic rings. The molecule has 0 fully saturated rings. The molecule has 0 spiro atoms. The smallest absolute Gasteiger partial charge is 0.227 e. The summed E-state index contributed by atoms with van der Waals surface area (Å²) in [4.78, 5) is 19.5. The summed E-state index contributed by atoms with van der Waals surface area (Å²) >= 11 is 1.77. The van der Waals surface area contributed by atoms with Crippen LogP contribution in [0.25, 0.3) is 88.0 Å². The molecule has 46 heavy (non-hydrogen) atoms. The van der Waals surface area contributed by atoms with Crippen molar-refractivity contribution in [2.24, 2.45) is 0 Å². The summed E-state index contributed by atoms with van der Waals surface area (Å²) in [7, 11) is 0. The Balaban J connectivity index is 1.14. The van der Waals surface area contributed by atoms with E-state index in [1.165, 1.54) is 25.7 Å². The molecule has 0 saturated heterocycles. The van der Waals surface area contributed by atoms with Crippen LogP contribution in [0.3, 0.4) is 0 Å². The van der Waals surface area contributed by atoms with Crippen LogP contribution in [0.2, 0.25) is 0 Å². The van der Waals surface area contributed by atoms with Gasteiger partial charge in [-0.3, -0.25) is 0 Å². The van der Waals surface area contributed by atoms with Crippen LogP contribution in [-0.4, -0.2) is 19.9 Å². The van der Waals surface area contributed by atoms with Gasteiger partial charge in [0.2, 0.25) is 5.89 Å². The number of hydrogen-bond acceptors (Lipinski definition) is 6. The summed E-state index contributed by atoms with van der Waals surface area (Å²) in [5.74, 6) is 2.58. The van der Waals surface area contributed by atoms with Gasteiger partial charge in [0.25, 0.3) is 0 Å². The molecule has 3 heterocycles. The van der Waals surface area contributed by atoms with Crippen molar-refractivity contribution >= 4 is 42.6 Å². The average Bonchev–Trinajstić information content (AvgIpc) is 3.72. The van der Waals surface area contributed by atoms with Gasteiger partial charge in [-0.05, 0) is 35.4 Å². The third-order valence-electron chi connectivity index (χ3n) is 8.18. The number of aromatic nitrogens is 4. The molecule has 6 heteroatoms. The first kappa shape index (κ1) is 26.4. The first-order chi connectivity index (χ1) is 22.8. The lowest BCUT2D eigenvalue weighted by Crippen LogP contribution is -2.00. The van der Waals surface area contributed by atoms with Crippen LogP contribution in [0.4, 0.5) is 0 Å². The lowest BCUT2D eigenvalue weighted by atomic mass is 9.98. The van der Waals surface area contributed by atoms with Gasteiger partial charge in [-0.15, -0.1) is 11.3 Å². The van der Waals surface area contributed by atoms with E-state index in [2.05, 4.69) is 54.6 Å². The van der Waals surface area contributed by atoms with Crippen molar-refractivity contribution in [3.63, 3.8) is 0 Å². The van der Waals surface area contributed by atoms with E-state index >= 15 is 0 Å². The molecular weight excluding hydrogens is 585 g/mol. The predicted octanol–water partition coefficient (Wildman–Crippen LogP) is 10.7. The highest BCUT2D eigenvalue weighted by molar-refractivity contribution is 7.26. The predicted molar refractivity (Wildman–Crippen MR) is 187 cm³/mol. The Hall–Kier alpha value is -5.98. The fraction of sp³-hybridized carbons (Fsp3) is 0. The Morgan fingerprint density at radius 1 is 0.435 bits per heavy atom. The maximum atomic E-state index is 6.18. The van der Waals surface area contributed by atoms with Gasteiger partial charge in [-0.1, -0.05) is 115 Å². The maximum absolute atomic E-state index is 6.18. The molecule has 5 nitrogen and oxygen atoms in total. The average molecular weight is 609 g/mol. The second-order valence-corrected chi connectivity index (χ2v) is 12.2. The minimum atomic E-state index is 0.637. The van der Waals surface area contributed by atoms with Gasteiger partial charge in [0, 0.05) is 48.5 Å². The Morgan fingerprint density at radius 3 is 1.59 bits per heavy atom. The Morgan fingerprint density at radius 2 is 0.978 bits per heavy atom. The molecule has 9 aromatic rings. The number of benzene rings is 6. The minimum Gasteiger partial charge on any atom is -0.436 e. The van der Waals surface area contributed by atoms with Crippen molar-refractivity contribution in [1.29, 1.82) is 0 Å². The van der Waals surface area contributed by atoms with Crippen LogP contribution in [0, 0.1) is 0 Å². The molecule has 0 N–H and O–H groups in total. The van der Waals surface area contributed by atoms with E-state index in [-0.39, 0.29) is 0 Å². The Bertz CT molecular complexity index is 2450. The van der Waals surface area contributed by atoms with Crippen molar-refractivity contribution in [1.82, 2.24) is 19.9 Å². The molecule has 9 rings (SSSR count). The number of nitrogens with zero attached hydrogens (tertiary/aromatic N) is 4. The monoisotopic (exact) mass is 608 g/mol. The summed E-state index contributed by atoms with van der Waals surface area (Å²) in [6.45, 7) is 0. The molecule has 0 amide bonds. The van der Waals surface area contributed by atoms with Crippen molar-refractivity contribution in [2.75, 3.05) is 0 Å². The summed E-state index contributed by atoms with van der Waals surface area (Å²) in [5.41, 5.74) is 7.76. The molecule has 0 atom stereocenters. The molecule has 0 saturated carbocycles. The van der Waals surface area contributed by atoms with Gasteiger partial charge in [0.1, 0.15) is 5.52 Å². The van der Waals surface area contributed by atoms with Crippen molar-refractivity contribution < 1.29 is 4.42 Å². The molecule has 0 unspecified atom stereocenters. The van der Waals surface area contributed by atoms with Crippen molar-refractivity contribution in [2.45, 2.75) is 0 Å².